The molecule has 1 aromatic carbocycles. The Balaban J connectivity index is 3.14. The number of nitrogens with one attached hydrogen (secondary N) is 1. The van der Waals surface area contributed by atoms with Gasteiger partial charge in [-0.05, 0) is 12.1 Å². The van der Waals surface area contributed by atoms with E-state index in [4.69, 9.17) is 0 Å². The van der Waals surface area contributed by atoms with Crippen molar-refractivity contribution in [3.8, 4) is 5.75 Å². The fourth-order valence-corrected chi connectivity index (χ4v) is 0.968. The van der Waals surface area contributed by atoms with Gasteiger partial charge in [0, 0.05) is 12.5 Å². The molecule has 68 valence electrons. The standard InChI is InChI=1S/C9H9NO3/c1-6(12)10-9-7(5-11)3-2-4-8(9)13/h2-5,13H,1H3,(H,10,12). The highest BCUT2D eigenvalue weighted by Crippen LogP contribution is 2.25. The summed E-state index contributed by atoms with van der Waals surface area (Å²) in [7, 11) is 0. The minimum atomic E-state index is -0.329. The van der Waals surface area contributed by atoms with Gasteiger partial charge in [-0.15, -0.1) is 0 Å². The van der Waals surface area contributed by atoms with Crippen molar-refractivity contribution in [1.29, 1.82) is 0 Å². The summed E-state index contributed by atoms with van der Waals surface area (Å²) in [4.78, 5) is 21.2. The van der Waals surface area contributed by atoms with E-state index in [0.717, 1.165) is 0 Å². The Hall–Kier alpha value is -1.84. The van der Waals surface area contributed by atoms with Crippen LogP contribution in [0.15, 0.2) is 18.2 Å². The molecule has 0 saturated heterocycles. The van der Waals surface area contributed by atoms with Gasteiger partial charge in [-0.1, -0.05) is 6.07 Å². The molecule has 1 rings (SSSR count). The normalized spacial score (nSPS) is 9.31. The number of aromatic hydroxyl groups is 1. The third-order valence-electron chi connectivity index (χ3n) is 1.50. The molecule has 4 nitrogen and oxygen atoms in total. The molecule has 0 fully saturated rings. The molecule has 4 heteroatoms. The van der Waals surface area contributed by atoms with Gasteiger partial charge >= 0.3 is 0 Å². The SMILES string of the molecule is CC(=O)Nc1c(O)cccc1C=O. The van der Waals surface area contributed by atoms with Crippen molar-refractivity contribution in [2.24, 2.45) is 0 Å². The fourth-order valence-electron chi connectivity index (χ4n) is 0.968. The van der Waals surface area contributed by atoms with Gasteiger partial charge < -0.3 is 10.4 Å². The third kappa shape index (κ3) is 2.05. The zero-order valence-electron chi connectivity index (χ0n) is 7.07. The van der Waals surface area contributed by atoms with Gasteiger partial charge in [0.1, 0.15) is 5.75 Å². The molecule has 0 heterocycles. The maximum atomic E-state index is 10.7. The molecular weight excluding hydrogens is 170 g/mol. The summed E-state index contributed by atoms with van der Waals surface area (Å²) in [6.45, 7) is 1.31. The summed E-state index contributed by atoms with van der Waals surface area (Å²) in [5.41, 5.74) is 0.417. The van der Waals surface area contributed by atoms with E-state index in [9.17, 15) is 14.7 Å². The van der Waals surface area contributed by atoms with Crippen LogP contribution in [-0.2, 0) is 4.79 Å². The molecule has 1 aromatic rings. The summed E-state index contributed by atoms with van der Waals surface area (Å²) >= 11 is 0. The van der Waals surface area contributed by atoms with E-state index >= 15 is 0 Å². The topological polar surface area (TPSA) is 66.4 Å². The quantitative estimate of drug-likeness (QED) is 0.529. The number of para-hydroxylation sites is 1. The van der Waals surface area contributed by atoms with Crippen LogP contribution in [0.2, 0.25) is 0 Å². The number of anilines is 1. The van der Waals surface area contributed by atoms with Gasteiger partial charge in [0.05, 0.1) is 5.69 Å². The molecule has 1 amide bonds. The Morgan fingerprint density at radius 2 is 2.23 bits per heavy atom. The molecule has 0 aliphatic heterocycles. The number of phenols is 1. The highest BCUT2D eigenvalue weighted by atomic mass is 16.3. The first-order valence-corrected chi connectivity index (χ1v) is 3.70. The average molecular weight is 179 g/mol. The van der Waals surface area contributed by atoms with E-state index in [0.29, 0.717) is 6.29 Å². The molecule has 0 unspecified atom stereocenters. The first kappa shape index (κ1) is 9.25. The lowest BCUT2D eigenvalue weighted by Gasteiger charge is -2.06. The van der Waals surface area contributed by atoms with Crippen LogP contribution in [0.5, 0.6) is 5.75 Å². The smallest absolute Gasteiger partial charge is 0.221 e. The van der Waals surface area contributed by atoms with Crippen LogP contribution in [0.1, 0.15) is 17.3 Å². The van der Waals surface area contributed by atoms with Crippen molar-refractivity contribution in [2.45, 2.75) is 6.92 Å². The second-order valence-electron chi connectivity index (χ2n) is 2.54. The molecule has 0 atom stereocenters. The lowest BCUT2D eigenvalue weighted by Crippen LogP contribution is -2.08. The zero-order valence-corrected chi connectivity index (χ0v) is 7.07. The van der Waals surface area contributed by atoms with E-state index in [2.05, 4.69) is 5.32 Å². The minimum Gasteiger partial charge on any atom is -0.506 e. The molecule has 0 saturated carbocycles. The first-order chi connectivity index (χ1) is 6.15. The van der Waals surface area contributed by atoms with Crippen molar-refractivity contribution in [2.75, 3.05) is 5.32 Å². The lowest BCUT2D eigenvalue weighted by molar-refractivity contribution is -0.114. The van der Waals surface area contributed by atoms with Crippen LogP contribution in [0.3, 0.4) is 0 Å². The molecule has 0 aromatic heterocycles. The highest BCUT2D eigenvalue weighted by Gasteiger charge is 2.07. The number of rotatable bonds is 2. The average Bonchev–Trinajstić information content (AvgIpc) is 2.08. The number of amides is 1. The number of hydrogen-bond donors (Lipinski definition) is 2. The zero-order chi connectivity index (χ0) is 9.84. The molecule has 2 N–H and O–H groups in total. The van der Waals surface area contributed by atoms with Crippen LogP contribution in [0, 0.1) is 0 Å². The van der Waals surface area contributed by atoms with Crippen LogP contribution in [0.25, 0.3) is 0 Å². The Morgan fingerprint density at radius 3 is 2.77 bits per heavy atom. The van der Waals surface area contributed by atoms with E-state index < -0.39 is 0 Å². The molecule has 0 aliphatic rings. The molecule has 13 heavy (non-hydrogen) atoms. The molecule has 0 spiro atoms. The number of phenolic OH excluding ortho intramolecular Hbond substituents is 1. The van der Waals surface area contributed by atoms with Crippen molar-refractivity contribution in [3.63, 3.8) is 0 Å². The number of carbonyl (C=O) groups excluding carboxylic acids is 2. The van der Waals surface area contributed by atoms with Crippen molar-refractivity contribution in [1.82, 2.24) is 0 Å². The lowest BCUT2D eigenvalue weighted by atomic mass is 10.2. The Bertz CT molecular complexity index is 347. The van der Waals surface area contributed by atoms with E-state index in [-0.39, 0.29) is 22.9 Å². The maximum absolute atomic E-state index is 10.7. The van der Waals surface area contributed by atoms with Crippen molar-refractivity contribution < 1.29 is 14.7 Å². The van der Waals surface area contributed by atoms with Gasteiger partial charge in [-0.2, -0.15) is 0 Å². The van der Waals surface area contributed by atoms with Gasteiger partial charge in [0.25, 0.3) is 0 Å². The summed E-state index contributed by atoms with van der Waals surface area (Å²) in [5.74, 6) is -0.440. The first-order valence-electron chi connectivity index (χ1n) is 3.70. The van der Waals surface area contributed by atoms with Crippen LogP contribution in [-0.4, -0.2) is 17.3 Å². The minimum absolute atomic E-state index is 0.111. The largest absolute Gasteiger partial charge is 0.506 e. The van der Waals surface area contributed by atoms with E-state index in [1.54, 1.807) is 0 Å². The van der Waals surface area contributed by atoms with E-state index in [1.807, 2.05) is 0 Å². The van der Waals surface area contributed by atoms with Crippen LogP contribution >= 0.6 is 0 Å². The number of benzene rings is 1. The summed E-state index contributed by atoms with van der Waals surface area (Å²) in [6.07, 6.45) is 0.574. The Kier molecular flexibility index (Phi) is 2.64. The van der Waals surface area contributed by atoms with Gasteiger partial charge in [-0.3, -0.25) is 9.59 Å². The summed E-state index contributed by atoms with van der Waals surface area (Å²) < 4.78 is 0. The van der Waals surface area contributed by atoms with Gasteiger partial charge in [0.2, 0.25) is 5.91 Å². The van der Waals surface area contributed by atoms with Crippen LogP contribution < -0.4 is 5.32 Å². The van der Waals surface area contributed by atoms with Gasteiger partial charge in [0.15, 0.2) is 6.29 Å². The van der Waals surface area contributed by atoms with Crippen molar-refractivity contribution >= 4 is 17.9 Å². The number of carbonyl (C=O) groups is 2. The summed E-state index contributed by atoms with van der Waals surface area (Å²) in [6, 6.07) is 4.45. The Labute approximate surface area is 75.2 Å². The number of aldehydes is 1. The highest BCUT2D eigenvalue weighted by molar-refractivity contribution is 5.97. The maximum Gasteiger partial charge on any atom is 0.221 e. The fraction of sp³-hybridized carbons (Fsp3) is 0.111. The van der Waals surface area contributed by atoms with E-state index in [1.165, 1.54) is 25.1 Å². The molecule has 0 aliphatic carbocycles. The molecule has 0 bridgehead atoms. The predicted molar refractivity (Wildman–Crippen MR) is 47.8 cm³/mol. The molecular formula is C9H9NO3. The monoisotopic (exact) mass is 179 g/mol. The number of hydrogen-bond acceptors (Lipinski definition) is 3. The summed E-state index contributed by atoms with van der Waals surface area (Å²) in [5, 5.41) is 11.7. The molecule has 0 radical (unpaired) electrons. The second kappa shape index (κ2) is 3.71. The third-order valence-corrected chi connectivity index (χ3v) is 1.50. The second-order valence-corrected chi connectivity index (χ2v) is 2.54. The van der Waals surface area contributed by atoms with Crippen LogP contribution in [0.4, 0.5) is 5.69 Å². The predicted octanol–water partition coefficient (Wildman–Crippen LogP) is 1.16. The van der Waals surface area contributed by atoms with Gasteiger partial charge in [-0.25, -0.2) is 0 Å². The Morgan fingerprint density at radius 1 is 1.54 bits per heavy atom. The van der Waals surface area contributed by atoms with Crippen molar-refractivity contribution in [3.05, 3.63) is 23.8 Å².